The van der Waals surface area contributed by atoms with Crippen molar-refractivity contribution in [3.8, 4) is 0 Å². The van der Waals surface area contributed by atoms with Crippen LogP contribution in [-0.2, 0) is 32.6 Å². The van der Waals surface area contributed by atoms with Crippen LogP contribution in [-0.4, -0.2) is 44.3 Å². The Balaban J connectivity index is 1.80. The molecule has 0 unspecified atom stereocenters. The van der Waals surface area contributed by atoms with Crippen LogP contribution in [0.25, 0.3) is 0 Å². The maximum atomic E-state index is 14.5. The van der Waals surface area contributed by atoms with E-state index < -0.39 is 28.5 Å². The highest BCUT2D eigenvalue weighted by molar-refractivity contribution is 7.92. The molecule has 1 atom stereocenters. The lowest BCUT2D eigenvalue weighted by Gasteiger charge is -2.34. The number of rotatable bonds is 14. The number of amides is 2. The van der Waals surface area contributed by atoms with Crippen LogP contribution in [0.5, 0.6) is 0 Å². The van der Waals surface area contributed by atoms with Crippen LogP contribution in [0.3, 0.4) is 0 Å². The molecule has 2 amide bonds. The molecule has 4 aromatic rings. The molecule has 236 valence electrons. The molecule has 0 spiro atoms. The first-order valence-corrected chi connectivity index (χ1v) is 16.9. The Morgan fingerprint density at radius 3 is 2.07 bits per heavy atom. The van der Waals surface area contributed by atoms with E-state index in [1.54, 1.807) is 37.3 Å². The minimum atomic E-state index is -4.21. The van der Waals surface area contributed by atoms with Gasteiger partial charge in [-0.3, -0.25) is 13.9 Å². The van der Waals surface area contributed by atoms with E-state index in [0.717, 1.165) is 33.8 Å². The molecule has 4 rings (SSSR count). The zero-order chi connectivity index (χ0) is 32.4. The summed E-state index contributed by atoms with van der Waals surface area (Å²) < 4.78 is 29.6. The van der Waals surface area contributed by atoms with Crippen molar-refractivity contribution in [2.24, 2.45) is 0 Å². The number of halogens is 1. The number of nitrogens with one attached hydrogen (secondary N) is 1. The number of sulfonamides is 1. The summed E-state index contributed by atoms with van der Waals surface area (Å²) in [7, 11) is -4.21. The maximum Gasteiger partial charge on any atom is 0.264 e. The second kappa shape index (κ2) is 15.7. The third-order valence-corrected chi connectivity index (χ3v) is 9.88. The van der Waals surface area contributed by atoms with Gasteiger partial charge in [0.05, 0.1) is 10.6 Å². The van der Waals surface area contributed by atoms with Gasteiger partial charge in [-0.05, 0) is 61.2 Å². The quantitative estimate of drug-likeness (QED) is 0.155. The highest BCUT2D eigenvalue weighted by atomic mass is 35.5. The molecule has 0 saturated heterocycles. The lowest BCUT2D eigenvalue weighted by molar-refractivity contribution is -0.140. The summed E-state index contributed by atoms with van der Waals surface area (Å²) in [5, 5.41) is 3.38. The van der Waals surface area contributed by atoms with E-state index in [2.05, 4.69) is 5.32 Å². The van der Waals surface area contributed by atoms with Gasteiger partial charge in [0.25, 0.3) is 10.0 Å². The Kier molecular flexibility index (Phi) is 11.8. The Morgan fingerprint density at radius 1 is 0.822 bits per heavy atom. The molecule has 1 N–H and O–H groups in total. The van der Waals surface area contributed by atoms with E-state index >= 15 is 0 Å². The van der Waals surface area contributed by atoms with Gasteiger partial charge in [-0.15, -0.1) is 0 Å². The van der Waals surface area contributed by atoms with Crippen molar-refractivity contribution in [2.75, 3.05) is 17.4 Å². The van der Waals surface area contributed by atoms with Gasteiger partial charge in [-0.2, -0.15) is 0 Å². The van der Waals surface area contributed by atoms with Crippen LogP contribution < -0.4 is 9.62 Å². The Hall–Kier alpha value is -4.14. The molecule has 4 aromatic carbocycles. The van der Waals surface area contributed by atoms with Crippen molar-refractivity contribution < 1.29 is 18.0 Å². The fourth-order valence-corrected chi connectivity index (χ4v) is 6.70. The normalized spacial score (nSPS) is 11.9. The Labute approximate surface area is 271 Å². The summed E-state index contributed by atoms with van der Waals surface area (Å²) in [4.78, 5) is 29.9. The summed E-state index contributed by atoms with van der Waals surface area (Å²) in [6.07, 6.45) is 1.96. The predicted molar refractivity (Wildman–Crippen MR) is 181 cm³/mol. The smallest absolute Gasteiger partial charge is 0.264 e. The molecule has 0 aliphatic carbocycles. The van der Waals surface area contributed by atoms with Crippen molar-refractivity contribution in [1.82, 2.24) is 10.2 Å². The molecule has 0 aromatic heterocycles. The summed E-state index contributed by atoms with van der Waals surface area (Å²) in [6.45, 7) is 5.70. The van der Waals surface area contributed by atoms with E-state index in [1.165, 1.54) is 17.0 Å². The van der Waals surface area contributed by atoms with E-state index in [9.17, 15) is 18.0 Å². The monoisotopic (exact) mass is 645 g/mol. The van der Waals surface area contributed by atoms with Gasteiger partial charge in [-0.25, -0.2) is 8.42 Å². The minimum Gasteiger partial charge on any atom is -0.354 e. The van der Waals surface area contributed by atoms with Crippen LogP contribution in [0.4, 0.5) is 5.69 Å². The van der Waals surface area contributed by atoms with E-state index in [-0.39, 0.29) is 23.8 Å². The number of carbonyl (C=O) groups excluding carboxylic acids is 2. The molecule has 0 bridgehead atoms. The van der Waals surface area contributed by atoms with Gasteiger partial charge in [0.2, 0.25) is 11.8 Å². The second-order valence-electron chi connectivity index (χ2n) is 11.1. The second-order valence-corrected chi connectivity index (χ2v) is 13.3. The van der Waals surface area contributed by atoms with Crippen LogP contribution >= 0.6 is 11.6 Å². The lowest BCUT2D eigenvalue weighted by Crippen LogP contribution is -2.53. The number of aryl methyl sites for hydroxylation is 1. The molecule has 45 heavy (non-hydrogen) atoms. The van der Waals surface area contributed by atoms with Gasteiger partial charge in [-0.1, -0.05) is 109 Å². The zero-order valence-corrected chi connectivity index (χ0v) is 27.5. The molecule has 0 heterocycles. The van der Waals surface area contributed by atoms with Gasteiger partial charge >= 0.3 is 0 Å². The maximum absolute atomic E-state index is 14.5. The fraction of sp³-hybridized carbons (Fsp3) is 0.278. The molecule has 7 nitrogen and oxygen atoms in total. The van der Waals surface area contributed by atoms with Crippen LogP contribution in [0.2, 0.25) is 5.02 Å². The molecule has 0 fully saturated rings. The van der Waals surface area contributed by atoms with Crippen molar-refractivity contribution in [2.45, 2.75) is 57.5 Å². The molecule has 0 radical (unpaired) electrons. The molecule has 9 heteroatoms. The van der Waals surface area contributed by atoms with Crippen molar-refractivity contribution in [3.63, 3.8) is 0 Å². The molecule has 0 aliphatic heterocycles. The number of nitrogens with zero attached hydrogens (tertiary/aromatic N) is 2. The first-order valence-electron chi connectivity index (χ1n) is 15.1. The van der Waals surface area contributed by atoms with E-state index in [0.29, 0.717) is 22.8 Å². The van der Waals surface area contributed by atoms with Gasteiger partial charge < -0.3 is 10.2 Å². The first-order chi connectivity index (χ1) is 21.6. The summed E-state index contributed by atoms with van der Waals surface area (Å²) in [6, 6.07) is 29.5. The van der Waals surface area contributed by atoms with Gasteiger partial charge in [0.1, 0.15) is 12.6 Å². The standard InChI is InChI=1S/C36H40ClN3O4S/c1-4-5-23-38-36(42)34(24-29-13-8-6-9-14-29)39(25-30-15-10-7-11-16-30)35(41)26-40(33-18-12-17-32(37)28(33)3)45(43,44)31-21-19-27(2)20-22-31/h6-22,34H,4-5,23-26H2,1-3H3,(H,38,42)/t34-/m0/s1. The predicted octanol–water partition coefficient (Wildman–Crippen LogP) is 6.71. The highest BCUT2D eigenvalue weighted by Crippen LogP contribution is 2.31. The van der Waals surface area contributed by atoms with Crippen molar-refractivity contribution in [3.05, 3.63) is 130 Å². The number of anilines is 1. The largest absolute Gasteiger partial charge is 0.354 e. The van der Waals surface area contributed by atoms with Gasteiger partial charge in [0, 0.05) is 24.5 Å². The van der Waals surface area contributed by atoms with Crippen molar-refractivity contribution >= 4 is 39.1 Å². The number of benzene rings is 4. The molecule has 0 aliphatic rings. The molecule has 0 saturated carbocycles. The zero-order valence-electron chi connectivity index (χ0n) is 25.9. The summed E-state index contributed by atoms with van der Waals surface area (Å²) >= 11 is 6.45. The third-order valence-electron chi connectivity index (χ3n) is 7.69. The van der Waals surface area contributed by atoms with E-state index in [1.807, 2.05) is 74.5 Å². The topological polar surface area (TPSA) is 86.8 Å². The van der Waals surface area contributed by atoms with E-state index in [4.69, 9.17) is 11.6 Å². The minimum absolute atomic E-state index is 0.0491. The lowest BCUT2D eigenvalue weighted by atomic mass is 10.0. The summed E-state index contributed by atoms with van der Waals surface area (Å²) in [5.41, 5.74) is 3.42. The Morgan fingerprint density at radius 2 is 1.44 bits per heavy atom. The Bertz CT molecular complexity index is 1680. The number of hydrogen-bond acceptors (Lipinski definition) is 4. The van der Waals surface area contributed by atoms with Gasteiger partial charge in [0.15, 0.2) is 0 Å². The number of carbonyl (C=O) groups is 2. The number of hydrogen-bond donors (Lipinski definition) is 1. The summed E-state index contributed by atoms with van der Waals surface area (Å²) in [5.74, 6) is -0.802. The first kappa shape index (κ1) is 33.7. The average Bonchev–Trinajstić information content (AvgIpc) is 3.04. The van der Waals surface area contributed by atoms with Crippen LogP contribution in [0.1, 0.15) is 42.0 Å². The van der Waals surface area contributed by atoms with Crippen molar-refractivity contribution in [1.29, 1.82) is 0 Å². The van der Waals surface area contributed by atoms with Crippen LogP contribution in [0, 0.1) is 13.8 Å². The molecular weight excluding hydrogens is 606 g/mol. The van der Waals surface area contributed by atoms with Crippen LogP contribution in [0.15, 0.2) is 108 Å². The SMILES string of the molecule is CCCCNC(=O)[C@H](Cc1ccccc1)N(Cc1ccccc1)C(=O)CN(c1cccc(Cl)c1C)S(=O)(=O)c1ccc(C)cc1. The fourth-order valence-electron chi connectivity index (χ4n) is 5.06. The molecular formula is C36H40ClN3O4S. The third kappa shape index (κ3) is 8.74. The highest BCUT2D eigenvalue weighted by Gasteiger charge is 2.35. The average molecular weight is 646 g/mol. The number of unbranched alkanes of at least 4 members (excludes halogenated alkanes) is 1.